The first-order valence-electron chi connectivity index (χ1n) is 9.63. The number of hydrogen-bond donors (Lipinski definition) is 3. The third-order valence-corrected chi connectivity index (χ3v) is 5.43. The zero-order valence-electron chi connectivity index (χ0n) is 15.7. The molecule has 2 amide bonds. The molecule has 1 aliphatic rings. The Morgan fingerprint density at radius 1 is 1.12 bits per heavy atom. The number of benzene rings is 1. The van der Waals surface area contributed by atoms with E-state index in [1.807, 2.05) is 24.4 Å². The fourth-order valence-electron chi connectivity index (χ4n) is 3.59. The van der Waals surface area contributed by atoms with E-state index in [1.165, 1.54) is 17.4 Å². The lowest BCUT2D eigenvalue weighted by Gasteiger charge is -2.28. The van der Waals surface area contributed by atoms with Gasteiger partial charge in [0.15, 0.2) is 0 Å². The molecule has 1 aromatic heterocycles. The molecule has 26 heavy (non-hydrogen) atoms. The maximum atomic E-state index is 12.6. The molecule has 0 radical (unpaired) electrons. The van der Waals surface area contributed by atoms with E-state index in [9.17, 15) is 9.59 Å². The van der Waals surface area contributed by atoms with Crippen molar-refractivity contribution in [2.75, 3.05) is 6.54 Å². The summed E-state index contributed by atoms with van der Waals surface area (Å²) in [4.78, 5) is 28.4. The summed E-state index contributed by atoms with van der Waals surface area (Å²) in [5.41, 5.74) is 1.21. The van der Waals surface area contributed by atoms with E-state index in [-0.39, 0.29) is 17.9 Å². The Morgan fingerprint density at radius 2 is 1.85 bits per heavy atom. The van der Waals surface area contributed by atoms with Crippen molar-refractivity contribution >= 4 is 22.7 Å². The molecule has 0 aliphatic heterocycles. The number of carbonyl (C=O) groups excluding carboxylic acids is 2. The monoisotopic (exact) mass is 355 g/mol. The van der Waals surface area contributed by atoms with Gasteiger partial charge in [-0.2, -0.15) is 0 Å². The summed E-state index contributed by atoms with van der Waals surface area (Å²) in [5.74, 6) is -0.389. The van der Waals surface area contributed by atoms with Crippen molar-refractivity contribution < 1.29 is 9.59 Å². The Labute approximate surface area is 154 Å². The van der Waals surface area contributed by atoms with Gasteiger partial charge in [0.2, 0.25) is 11.8 Å². The van der Waals surface area contributed by atoms with Crippen LogP contribution in [0.1, 0.15) is 51.5 Å². The number of aromatic nitrogens is 1. The van der Waals surface area contributed by atoms with Gasteiger partial charge in [-0.1, -0.05) is 37.5 Å². The quantitative estimate of drug-likeness (QED) is 0.696. The van der Waals surface area contributed by atoms with Gasteiger partial charge in [-0.15, -0.1) is 0 Å². The van der Waals surface area contributed by atoms with E-state index in [0.717, 1.165) is 37.6 Å². The molecule has 1 aliphatic carbocycles. The zero-order chi connectivity index (χ0) is 18.6. The molecule has 0 bridgehead atoms. The van der Waals surface area contributed by atoms with Crippen molar-refractivity contribution in [3.8, 4) is 0 Å². The minimum atomic E-state index is -1.06. The van der Waals surface area contributed by atoms with E-state index in [4.69, 9.17) is 0 Å². The predicted octanol–water partition coefficient (Wildman–Crippen LogP) is 3.30. The Hall–Kier alpha value is -2.30. The summed E-state index contributed by atoms with van der Waals surface area (Å²) >= 11 is 0. The number of amides is 2. The van der Waals surface area contributed by atoms with E-state index in [0.29, 0.717) is 6.54 Å². The second-order valence-corrected chi connectivity index (χ2v) is 7.80. The van der Waals surface area contributed by atoms with Crippen LogP contribution in [-0.2, 0) is 16.0 Å². The van der Waals surface area contributed by atoms with Crippen LogP contribution < -0.4 is 10.6 Å². The largest absolute Gasteiger partial charge is 0.361 e. The average Bonchev–Trinajstić information content (AvgIpc) is 3.05. The van der Waals surface area contributed by atoms with Crippen molar-refractivity contribution in [1.29, 1.82) is 0 Å². The van der Waals surface area contributed by atoms with Crippen molar-refractivity contribution in [3.05, 3.63) is 36.0 Å². The molecule has 5 heteroatoms. The number of aromatic amines is 1. The first kappa shape index (κ1) is 18.5. The van der Waals surface area contributed by atoms with Crippen LogP contribution in [0.4, 0.5) is 0 Å². The molecular weight excluding hydrogens is 326 g/mol. The number of H-pyrrole nitrogens is 1. The smallest absolute Gasteiger partial charge is 0.235 e. The van der Waals surface area contributed by atoms with Crippen LogP contribution in [-0.4, -0.2) is 29.4 Å². The molecule has 140 valence electrons. The van der Waals surface area contributed by atoms with E-state index < -0.39 is 5.41 Å². The molecule has 1 heterocycles. The molecule has 0 saturated heterocycles. The van der Waals surface area contributed by atoms with Crippen LogP contribution in [0.15, 0.2) is 30.5 Å². The SMILES string of the molecule is CC(C)(C(=O)NCCc1c[nH]c2ccccc12)C(=O)NC1CCCCC1. The Kier molecular flexibility index (Phi) is 5.64. The molecule has 1 fully saturated rings. The Bertz CT molecular complexity index is 772. The number of para-hydroxylation sites is 1. The van der Waals surface area contributed by atoms with E-state index in [2.05, 4.69) is 21.7 Å². The number of fused-ring (bicyclic) bond motifs is 1. The summed E-state index contributed by atoms with van der Waals surface area (Å²) in [6.45, 7) is 3.92. The highest BCUT2D eigenvalue weighted by molar-refractivity contribution is 6.04. The predicted molar refractivity (Wildman–Crippen MR) is 104 cm³/mol. The molecule has 0 spiro atoms. The number of nitrogens with one attached hydrogen (secondary N) is 3. The number of carbonyl (C=O) groups is 2. The normalized spacial score (nSPS) is 15.8. The lowest BCUT2D eigenvalue weighted by Crippen LogP contribution is -2.51. The fourth-order valence-corrected chi connectivity index (χ4v) is 3.59. The molecule has 3 N–H and O–H groups in total. The van der Waals surface area contributed by atoms with Gasteiger partial charge in [0.25, 0.3) is 0 Å². The highest BCUT2D eigenvalue weighted by Crippen LogP contribution is 2.21. The van der Waals surface area contributed by atoms with Crippen LogP contribution in [0.2, 0.25) is 0 Å². The second-order valence-electron chi connectivity index (χ2n) is 7.80. The summed E-state index contributed by atoms with van der Waals surface area (Å²) < 4.78 is 0. The van der Waals surface area contributed by atoms with Crippen molar-refractivity contribution in [1.82, 2.24) is 15.6 Å². The first-order valence-corrected chi connectivity index (χ1v) is 9.63. The van der Waals surface area contributed by atoms with Crippen molar-refractivity contribution in [3.63, 3.8) is 0 Å². The maximum Gasteiger partial charge on any atom is 0.235 e. The fraction of sp³-hybridized carbons (Fsp3) is 0.524. The summed E-state index contributed by atoms with van der Waals surface area (Å²) in [6.07, 6.45) is 8.30. The topological polar surface area (TPSA) is 74.0 Å². The minimum absolute atomic E-state index is 0.172. The Morgan fingerprint density at radius 3 is 2.62 bits per heavy atom. The Balaban J connectivity index is 1.52. The molecular formula is C21H29N3O2. The van der Waals surface area contributed by atoms with Gasteiger partial charge < -0.3 is 15.6 Å². The zero-order valence-corrected chi connectivity index (χ0v) is 15.7. The van der Waals surface area contributed by atoms with Gasteiger partial charge >= 0.3 is 0 Å². The van der Waals surface area contributed by atoms with Gasteiger partial charge in [-0.05, 0) is 44.7 Å². The summed E-state index contributed by atoms with van der Waals surface area (Å²) in [6, 6.07) is 8.34. The lowest BCUT2D eigenvalue weighted by molar-refractivity contribution is -0.141. The second kappa shape index (κ2) is 7.94. The molecule has 0 atom stereocenters. The number of rotatable bonds is 6. The molecule has 2 aromatic rings. The molecule has 1 saturated carbocycles. The standard InChI is InChI=1S/C21H29N3O2/c1-21(2,20(26)24-16-8-4-3-5-9-16)19(25)22-13-12-15-14-23-18-11-7-6-10-17(15)18/h6-7,10-11,14,16,23H,3-5,8-9,12-13H2,1-2H3,(H,22,25)(H,24,26). The molecule has 5 nitrogen and oxygen atoms in total. The maximum absolute atomic E-state index is 12.6. The van der Waals surface area contributed by atoms with E-state index >= 15 is 0 Å². The highest BCUT2D eigenvalue weighted by atomic mass is 16.2. The summed E-state index contributed by atoms with van der Waals surface area (Å²) in [7, 11) is 0. The lowest BCUT2D eigenvalue weighted by atomic mass is 9.89. The van der Waals surface area contributed by atoms with Crippen LogP contribution in [0, 0.1) is 5.41 Å². The van der Waals surface area contributed by atoms with Gasteiger partial charge in [0, 0.05) is 29.7 Å². The van der Waals surface area contributed by atoms with Crippen LogP contribution in [0.3, 0.4) is 0 Å². The number of hydrogen-bond acceptors (Lipinski definition) is 2. The third-order valence-electron chi connectivity index (χ3n) is 5.43. The van der Waals surface area contributed by atoms with Crippen LogP contribution in [0.25, 0.3) is 10.9 Å². The molecule has 0 unspecified atom stereocenters. The first-order chi connectivity index (χ1) is 12.5. The minimum Gasteiger partial charge on any atom is -0.361 e. The molecule has 3 rings (SSSR count). The van der Waals surface area contributed by atoms with E-state index in [1.54, 1.807) is 13.8 Å². The van der Waals surface area contributed by atoms with Crippen molar-refractivity contribution in [2.45, 2.75) is 58.4 Å². The van der Waals surface area contributed by atoms with Gasteiger partial charge in [0.05, 0.1) is 0 Å². The van der Waals surface area contributed by atoms with Crippen LogP contribution >= 0.6 is 0 Å². The van der Waals surface area contributed by atoms with Gasteiger partial charge in [-0.3, -0.25) is 9.59 Å². The van der Waals surface area contributed by atoms with Gasteiger partial charge in [0.1, 0.15) is 5.41 Å². The average molecular weight is 355 g/mol. The van der Waals surface area contributed by atoms with Crippen LogP contribution in [0.5, 0.6) is 0 Å². The summed E-state index contributed by atoms with van der Waals surface area (Å²) in [5, 5.41) is 7.17. The third kappa shape index (κ3) is 4.09. The highest BCUT2D eigenvalue weighted by Gasteiger charge is 2.36. The van der Waals surface area contributed by atoms with Gasteiger partial charge in [-0.25, -0.2) is 0 Å². The van der Waals surface area contributed by atoms with Crippen molar-refractivity contribution in [2.24, 2.45) is 5.41 Å². The molecule has 1 aromatic carbocycles.